The summed E-state index contributed by atoms with van der Waals surface area (Å²) >= 11 is 0. The van der Waals surface area contributed by atoms with Gasteiger partial charge in [0, 0.05) is 50.2 Å². The van der Waals surface area contributed by atoms with Gasteiger partial charge in [-0.3, -0.25) is 9.59 Å². The van der Waals surface area contributed by atoms with Crippen LogP contribution in [0.3, 0.4) is 0 Å². The lowest BCUT2D eigenvalue weighted by Gasteiger charge is -2.34. The van der Waals surface area contributed by atoms with Crippen LogP contribution in [0.15, 0.2) is 83.8 Å². The zero-order chi connectivity index (χ0) is 30.0. The van der Waals surface area contributed by atoms with Crippen molar-refractivity contribution in [3.8, 4) is 22.7 Å². The third-order valence-corrected chi connectivity index (χ3v) is 9.41. The number of anilines is 1. The molecule has 0 unspecified atom stereocenters. The van der Waals surface area contributed by atoms with Crippen molar-refractivity contribution in [2.45, 2.75) is 25.7 Å². The molecule has 3 aromatic carbocycles. The van der Waals surface area contributed by atoms with Crippen molar-refractivity contribution in [1.29, 1.82) is 0 Å². The van der Waals surface area contributed by atoms with E-state index in [-0.39, 0.29) is 42.9 Å². The Bertz CT molecular complexity index is 1700. The lowest BCUT2D eigenvalue weighted by Crippen LogP contribution is -2.50. The van der Waals surface area contributed by atoms with Gasteiger partial charge >= 0.3 is 0 Å². The van der Waals surface area contributed by atoms with E-state index in [2.05, 4.69) is 9.88 Å². The second-order valence-corrected chi connectivity index (χ2v) is 12.3. The number of aryl methyl sites for hydroxylation is 1. The van der Waals surface area contributed by atoms with E-state index in [9.17, 15) is 18.0 Å². The van der Waals surface area contributed by atoms with Gasteiger partial charge in [-0.05, 0) is 86.1 Å². The van der Waals surface area contributed by atoms with E-state index in [0.717, 1.165) is 34.0 Å². The molecule has 10 heteroatoms. The first-order valence-electron chi connectivity index (χ1n) is 13.7. The lowest BCUT2D eigenvalue weighted by molar-refractivity contribution is -0.114. The normalized spacial score (nSPS) is 14.0. The number of carbonyl (C=O) groups excluding carboxylic acids is 2. The van der Waals surface area contributed by atoms with Crippen LogP contribution in [0.4, 0.5) is 5.69 Å². The molecule has 1 aliphatic heterocycles. The number of hydrogen-bond acceptors (Lipinski definition) is 5. The molecule has 1 N–H and O–H groups in total. The minimum Gasteiger partial charge on any atom is -0.497 e. The highest BCUT2D eigenvalue weighted by Crippen LogP contribution is 2.32. The number of rotatable bonds is 7. The Kier molecular flexibility index (Phi) is 8.20. The molecule has 2 heterocycles. The summed E-state index contributed by atoms with van der Waals surface area (Å²) in [5.41, 5.74) is 5.82. The van der Waals surface area contributed by atoms with Crippen molar-refractivity contribution in [3.63, 3.8) is 0 Å². The summed E-state index contributed by atoms with van der Waals surface area (Å²) in [5, 5.41) is 2.64. The van der Waals surface area contributed by atoms with Crippen molar-refractivity contribution in [1.82, 2.24) is 13.8 Å². The number of carbonyl (C=O) groups is 2. The average molecular weight is 587 g/mol. The van der Waals surface area contributed by atoms with Crippen molar-refractivity contribution in [3.05, 3.63) is 95.7 Å². The van der Waals surface area contributed by atoms with Gasteiger partial charge in [0.25, 0.3) is 5.91 Å². The van der Waals surface area contributed by atoms with Crippen molar-refractivity contribution in [2.24, 2.45) is 0 Å². The molecule has 0 bridgehead atoms. The summed E-state index contributed by atoms with van der Waals surface area (Å²) in [7, 11) is -2.12. The Morgan fingerprint density at radius 3 is 2.02 bits per heavy atom. The largest absolute Gasteiger partial charge is 0.497 e. The summed E-state index contributed by atoms with van der Waals surface area (Å²) in [6.45, 7) is 6.28. The number of hydrogen-bond donors (Lipinski definition) is 1. The summed E-state index contributed by atoms with van der Waals surface area (Å²) in [4.78, 5) is 27.0. The van der Waals surface area contributed by atoms with Crippen molar-refractivity contribution in [2.75, 3.05) is 38.6 Å². The topological polar surface area (TPSA) is 101 Å². The van der Waals surface area contributed by atoms with Gasteiger partial charge in [0.05, 0.1) is 23.3 Å². The van der Waals surface area contributed by atoms with Gasteiger partial charge in [-0.1, -0.05) is 17.7 Å². The van der Waals surface area contributed by atoms with E-state index >= 15 is 0 Å². The van der Waals surface area contributed by atoms with Gasteiger partial charge in [0.15, 0.2) is 0 Å². The fourth-order valence-electron chi connectivity index (χ4n) is 5.19. The molecule has 1 saturated heterocycles. The summed E-state index contributed by atoms with van der Waals surface area (Å²) in [6.07, 6.45) is 0. The Morgan fingerprint density at radius 2 is 1.45 bits per heavy atom. The van der Waals surface area contributed by atoms with Gasteiger partial charge in [-0.25, -0.2) is 8.42 Å². The van der Waals surface area contributed by atoms with Crippen molar-refractivity contribution < 1.29 is 22.7 Å². The third-order valence-electron chi connectivity index (χ3n) is 7.49. The Balaban J connectivity index is 1.38. The molecule has 1 aliphatic rings. The number of benzene rings is 3. The minimum atomic E-state index is -3.74. The number of ether oxygens (including phenoxy) is 1. The fraction of sp³-hybridized carbons (Fsp3) is 0.250. The lowest BCUT2D eigenvalue weighted by atomic mass is 10.1. The molecule has 42 heavy (non-hydrogen) atoms. The minimum absolute atomic E-state index is 0.134. The molecule has 0 radical (unpaired) electrons. The Morgan fingerprint density at radius 1 is 0.833 bits per heavy atom. The van der Waals surface area contributed by atoms with Crippen LogP contribution in [0.25, 0.3) is 16.9 Å². The first-order valence-corrected chi connectivity index (χ1v) is 15.1. The van der Waals surface area contributed by atoms with E-state index in [4.69, 9.17) is 4.74 Å². The molecule has 0 atom stereocenters. The number of methoxy groups -OCH3 is 1. The summed E-state index contributed by atoms with van der Waals surface area (Å²) in [6, 6.07) is 23.9. The van der Waals surface area contributed by atoms with Gasteiger partial charge in [0.2, 0.25) is 15.9 Å². The molecular formula is C32H34N4O5S. The molecule has 1 fully saturated rings. The number of piperazine rings is 1. The van der Waals surface area contributed by atoms with E-state index < -0.39 is 10.0 Å². The highest BCUT2D eigenvalue weighted by molar-refractivity contribution is 7.89. The molecule has 0 spiro atoms. The molecule has 4 aromatic rings. The standard InChI is InChI=1S/C32H34N4O5S/c1-22-5-11-27(12-6-22)36-23(2)30(21-31(36)25-7-13-28(41-4)14-8-25)32(38)34-17-19-35(20-18-34)42(39,40)29-15-9-26(10-16-29)33-24(3)37/h5-16,21H,17-20H2,1-4H3,(H,33,37). The Hall–Kier alpha value is -4.41. The van der Waals surface area contributed by atoms with Gasteiger partial charge in [0.1, 0.15) is 5.75 Å². The predicted octanol–water partition coefficient (Wildman–Crippen LogP) is 4.87. The maximum Gasteiger partial charge on any atom is 0.255 e. The zero-order valence-corrected chi connectivity index (χ0v) is 24.9. The van der Waals surface area contributed by atoms with Crippen molar-refractivity contribution >= 4 is 27.5 Å². The quantitative estimate of drug-likeness (QED) is 0.333. The van der Waals surface area contributed by atoms with Crippen LogP contribution in [0.2, 0.25) is 0 Å². The van der Waals surface area contributed by atoms with Crippen LogP contribution in [0, 0.1) is 13.8 Å². The highest BCUT2D eigenvalue weighted by atomic mass is 32.2. The molecule has 2 amide bonds. The molecule has 0 aliphatic carbocycles. The smallest absolute Gasteiger partial charge is 0.255 e. The van der Waals surface area contributed by atoms with Crippen LogP contribution < -0.4 is 10.1 Å². The van der Waals surface area contributed by atoms with Gasteiger partial charge in [-0.15, -0.1) is 0 Å². The van der Waals surface area contributed by atoms with Crippen LogP contribution in [-0.4, -0.2) is 67.3 Å². The number of aromatic nitrogens is 1. The van der Waals surface area contributed by atoms with E-state index in [0.29, 0.717) is 11.3 Å². The van der Waals surface area contributed by atoms with E-state index in [1.807, 2.05) is 68.4 Å². The van der Waals surface area contributed by atoms with Gasteiger partial charge < -0.3 is 19.5 Å². The molecule has 5 rings (SSSR count). The second kappa shape index (κ2) is 11.8. The summed E-state index contributed by atoms with van der Waals surface area (Å²) in [5.74, 6) is 0.383. The number of sulfonamides is 1. The second-order valence-electron chi connectivity index (χ2n) is 10.3. The third kappa shape index (κ3) is 5.81. The zero-order valence-electron chi connectivity index (χ0n) is 24.1. The maximum absolute atomic E-state index is 13.8. The SMILES string of the molecule is COc1ccc(-c2cc(C(=O)N3CCN(S(=O)(=O)c4ccc(NC(C)=O)cc4)CC3)c(C)n2-c2ccc(C)cc2)cc1. The van der Waals surface area contributed by atoms with Crippen LogP contribution in [-0.2, 0) is 14.8 Å². The fourth-order valence-corrected chi connectivity index (χ4v) is 6.61. The van der Waals surface area contributed by atoms with E-state index in [1.54, 1.807) is 24.1 Å². The number of nitrogens with one attached hydrogen (secondary N) is 1. The average Bonchev–Trinajstić information content (AvgIpc) is 3.34. The van der Waals surface area contributed by atoms with Crippen LogP contribution in [0.5, 0.6) is 5.75 Å². The Labute approximate surface area is 246 Å². The highest BCUT2D eigenvalue weighted by Gasteiger charge is 2.32. The first kappa shape index (κ1) is 29.1. The predicted molar refractivity (Wildman–Crippen MR) is 163 cm³/mol. The monoisotopic (exact) mass is 586 g/mol. The molecular weight excluding hydrogens is 552 g/mol. The maximum atomic E-state index is 13.8. The first-order chi connectivity index (χ1) is 20.1. The number of amides is 2. The van der Waals surface area contributed by atoms with Crippen LogP contribution in [0.1, 0.15) is 28.5 Å². The van der Waals surface area contributed by atoms with Crippen LogP contribution >= 0.6 is 0 Å². The van der Waals surface area contributed by atoms with Gasteiger partial charge in [-0.2, -0.15) is 4.31 Å². The molecule has 0 saturated carbocycles. The van der Waals surface area contributed by atoms with E-state index in [1.165, 1.54) is 23.4 Å². The molecule has 9 nitrogen and oxygen atoms in total. The summed E-state index contributed by atoms with van der Waals surface area (Å²) < 4.78 is 35.4. The molecule has 218 valence electrons. The molecule has 1 aromatic heterocycles. The number of nitrogens with zero attached hydrogens (tertiary/aromatic N) is 3.